The van der Waals surface area contributed by atoms with E-state index >= 15 is 0 Å². The Balaban J connectivity index is 1.38. The molecule has 0 bridgehead atoms. The number of rotatable bonds is 5. The van der Waals surface area contributed by atoms with Gasteiger partial charge in [-0.1, -0.05) is 23.7 Å². The number of benzene rings is 2. The molecular weight excluding hydrogens is 456 g/mol. The minimum absolute atomic E-state index is 0.0468. The summed E-state index contributed by atoms with van der Waals surface area (Å²) in [5, 5.41) is 0. The monoisotopic (exact) mass is 478 g/mol. The van der Waals surface area contributed by atoms with Crippen LogP contribution < -0.4 is 9.80 Å². The summed E-state index contributed by atoms with van der Waals surface area (Å²) in [4.78, 5) is 37.2. The van der Waals surface area contributed by atoms with Crippen LogP contribution in [0.4, 0.5) is 11.4 Å². The van der Waals surface area contributed by atoms with Crippen LogP contribution in [0.5, 0.6) is 0 Å². The van der Waals surface area contributed by atoms with E-state index in [0.717, 1.165) is 58.1 Å². The van der Waals surface area contributed by atoms with Gasteiger partial charge in [-0.05, 0) is 60.9 Å². The molecule has 4 aromatic rings. The molecule has 168 valence electrons. The summed E-state index contributed by atoms with van der Waals surface area (Å²) >= 11 is 7.53. The van der Waals surface area contributed by atoms with Crippen LogP contribution in [0.3, 0.4) is 0 Å². The summed E-state index contributed by atoms with van der Waals surface area (Å²) in [6.07, 6.45) is 2.60. The Hall–Kier alpha value is -3.16. The van der Waals surface area contributed by atoms with Crippen LogP contribution in [0.1, 0.15) is 31.7 Å². The minimum Gasteiger partial charge on any atom is -0.337 e. The van der Waals surface area contributed by atoms with E-state index in [1.54, 1.807) is 11.8 Å². The number of fused-ring (bicyclic) bond motifs is 1. The third-order valence-corrected chi connectivity index (χ3v) is 7.11. The summed E-state index contributed by atoms with van der Waals surface area (Å²) in [6, 6.07) is 17.5. The van der Waals surface area contributed by atoms with Gasteiger partial charge in [-0.2, -0.15) is 0 Å². The Morgan fingerprint density at radius 2 is 1.97 bits per heavy atom. The number of thiophene rings is 1. The Morgan fingerprint density at radius 3 is 2.67 bits per heavy atom. The fraction of sp³-hybridized carbons (Fsp3) is 0.240. The first-order chi connectivity index (χ1) is 16.0. The largest absolute Gasteiger partial charge is 0.337 e. The highest BCUT2D eigenvalue weighted by atomic mass is 35.5. The predicted octanol–water partition coefficient (Wildman–Crippen LogP) is 6.01. The SMILES string of the molecule is CC(=O)N(Cc1ccc(N2CCCCC2=O)cc1)c1ccc2nc(-c3ccc(Cl)s3)[nH]c2c1. The molecule has 1 N–H and O–H groups in total. The molecule has 0 saturated carbocycles. The lowest BCUT2D eigenvalue weighted by Crippen LogP contribution is -2.35. The number of piperidine rings is 1. The molecule has 2 amide bonds. The molecule has 5 rings (SSSR count). The van der Waals surface area contributed by atoms with Crippen LogP contribution >= 0.6 is 22.9 Å². The topological polar surface area (TPSA) is 69.3 Å². The van der Waals surface area contributed by atoms with Gasteiger partial charge in [0.1, 0.15) is 5.82 Å². The van der Waals surface area contributed by atoms with Crippen LogP contribution in [0.25, 0.3) is 21.7 Å². The molecule has 0 unspecified atom stereocenters. The Morgan fingerprint density at radius 1 is 1.15 bits per heavy atom. The van der Waals surface area contributed by atoms with Gasteiger partial charge in [0.05, 0.1) is 26.8 Å². The molecule has 2 aromatic carbocycles. The zero-order chi connectivity index (χ0) is 22.9. The molecule has 2 aromatic heterocycles. The second-order valence-corrected chi connectivity index (χ2v) is 9.88. The van der Waals surface area contributed by atoms with Gasteiger partial charge >= 0.3 is 0 Å². The molecule has 33 heavy (non-hydrogen) atoms. The molecular formula is C25H23ClN4O2S. The van der Waals surface area contributed by atoms with Crippen molar-refractivity contribution in [2.45, 2.75) is 32.7 Å². The lowest BCUT2D eigenvalue weighted by Gasteiger charge is -2.27. The Bertz CT molecular complexity index is 1330. The second kappa shape index (κ2) is 9.00. The Kier molecular flexibility index (Phi) is 5.91. The number of hydrogen-bond donors (Lipinski definition) is 1. The number of H-pyrrole nitrogens is 1. The highest BCUT2D eigenvalue weighted by molar-refractivity contribution is 7.19. The maximum Gasteiger partial charge on any atom is 0.226 e. The summed E-state index contributed by atoms with van der Waals surface area (Å²) < 4.78 is 0.713. The summed E-state index contributed by atoms with van der Waals surface area (Å²) in [5.41, 5.74) is 4.40. The number of carbonyl (C=O) groups is 2. The van der Waals surface area contributed by atoms with Crippen molar-refractivity contribution in [3.8, 4) is 10.7 Å². The van der Waals surface area contributed by atoms with E-state index in [4.69, 9.17) is 11.6 Å². The van der Waals surface area contributed by atoms with Crippen molar-refractivity contribution in [3.63, 3.8) is 0 Å². The lowest BCUT2D eigenvalue weighted by molar-refractivity contribution is -0.119. The highest BCUT2D eigenvalue weighted by Gasteiger charge is 2.20. The predicted molar refractivity (Wildman–Crippen MR) is 134 cm³/mol. The van der Waals surface area contributed by atoms with E-state index < -0.39 is 0 Å². The van der Waals surface area contributed by atoms with Crippen LogP contribution in [0.2, 0.25) is 4.34 Å². The number of nitrogens with zero attached hydrogens (tertiary/aromatic N) is 3. The molecule has 0 spiro atoms. The van der Waals surface area contributed by atoms with Crippen molar-refractivity contribution < 1.29 is 9.59 Å². The third-order valence-electron chi connectivity index (χ3n) is 5.88. The van der Waals surface area contributed by atoms with Crippen molar-refractivity contribution in [3.05, 3.63) is 64.5 Å². The fourth-order valence-electron chi connectivity index (χ4n) is 4.15. The van der Waals surface area contributed by atoms with Crippen LogP contribution in [0.15, 0.2) is 54.6 Å². The number of halogens is 1. The number of aromatic amines is 1. The van der Waals surface area contributed by atoms with E-state index in [-0.39, 0.29) is 11.8 Å². The smallest absolute Gasteiger partial charge is 0.226 e. The zero-order valence-corrected chi connectivity index (χ0v) is 19.7. The van der Waals surface area contributed by atoms with Crippen LogP contribution in [0, 0.1) is 0 Å². The lowest BCUT2D eigenvalue weighted by atomic mass is 10.1. The summed E-state index contributed by atoms with van der Waals surface area (Å²) in [5.74, 6) is 0.891. The molecule has 0 aliphatic carbocycles. The number of carbonyl (C=O) groups excluding carboxylic acids is 2. The number of amides is 2. The minimum atomic E-state index is -0.0468. The van der Waals surface area contributed by atoms with Crippen molar-refractivity contribution in [1.82, 2.24) is 9.97 Å². The normalized spacial score (nSPS) is 14.1. The number of hydrogen-bond acceptors (Lipinski definition) is 4. The van der Waals surface area contributed by atoms with Gasteiger partial charge in [0.2, 0.25) is 11.8 Å². The van der Waals surface area contributed by atoms with Crippen LogP contribution in [-0.4, -0.2) is 28.3 Å². The summed E-state index contributed by atoms with van der Waals surface area (Å²) in [7, 11) is 0. The van der Waals surface area contributed by atoms with E-state index in [1.807, 2.05) is 59.5 Å². The zero-order valence-electron chi connectivity index (χ0n) is 18.2. The molecule has 1 aliphatic rings. The van der Waals surface area contributed by atoms with Gasteiger partial charge in [-0.3, -0.25) is 9.59 Å². The standard InChI is InChI=1S/C25H23ClN4O2S/c1-16(31)30(15-17-5-7-18(8-6-17)29-13-3-2-4-24(29)32)19-9-10-20-21(14-19)28-25(27-20)22-11-12-23(26)33-22/h5-12,14H,2-4,13,15H2,1H3,(H,27,28). The molecule has 1 saturated heterocycles. The number of aromatic nitrogens is 2. The first kappa shape index (κ1) is 21.7. The molecule has 8 heteroatoms. The van der Waals surface area contributed by atoms with Gasteiger partial charge in [0.15, 0.2) is 0 Å². The molecule has 1 aliphatic heterocycles. The quantitative estimate of drug-likeness (QED) is 0.381. The molecule has 0 atom stereocenters. The summed E-state index contributed by atoms with van der Waals surface area (Å²) in [6.45, 7) is 2.77. The van der Waals surface area contributed by atoms with E-state index in [1.165, 1.54) is 11.3 Å². The number of anilines is 2. The first-order valence-corrected chi connectivity index (χ1v) is 12.1. The third kappa shape index (κ3) is 4.51. The Labute approximate surface area is 200 Å². The highest BCUT2D eigenvalue weighted by Crippen LogP contribution is 2.32. The van der Waals surface area contributed by atoms with Gasteiger partial charge in [-0.15, -0.1) is 11.3 Å². The first-order valence-electron chi connectivity index (χ1n) is 10.9. The van der Waals surface area contributed by atoms with Gasteiger partial charge in [0, 0.05) is 31.3 Å². The molecule has 6 nitrogen and oxygen atoms in total. The second-order valence-electron chi connectivity index (χ2n) is 8.16. The van der Waals surface area contributed by atoms with Crippen molar-refractivity contribution in [2.24, 2.45) is 0 Å². The molecule has 0 radical (unpaired) electrons. The number of nitrogens with one attached hydrogen (secondary N) is 1. The number of imidazole rings is 1. The maximum atomic E-state index is 12.5. The van der Waals surface area contributed by atoms with E-state index in [0.29, 0.717) is 17.3 Å². The van der Waals surface area contributed by atoms with Crippen molar-refractivity contribution >= 4 is 57.2 Å². The average molecular weight is 479 g/mol. The van der Waals surface area contributed by atoms with Gasteiger partial charge in [-0.25, -0.2) is 4.98 Å². The van der Waals surface area contributed by atoms with Crippen LogP contribution in [-0.2, 0) is 16.1 Å². The average Bonchev–Trinajstić information content (AvgIpc) is 3.43. The molecule has 1 fully saturated rings. The van der Waals surface area contributed by atoms with Gasteiger partial charge in [0.25, 0.3) is 0 Å². The fourth-order valence-corrected chi connectivity index (χ4v) is 5.14. The van der Waals surface area contributed by atoms with Crippen molar-refractivity contribution in [2.75, 3.05) is 16.3 Å². The van der Waals surface area contributed by atoms with Crippen molar-refractivity contribution in [1.29, 1.82) is 0 Å². The van der Waals surface area contributed by atoms with E-state index in [2.05, 4.69) is 9.97 Å². The van der Waals surface area contributed by atoms with E-state index in [9.17, 15) is 9.59 Å². The maximum absolute atomic E-state index is 12.5. The molecule has 3 heterocycles. The van der Waals surface area contributed by atoms with Gasteiger partial charge < -0.3 is 14.8 Å².